The molecule has 0 saturated heterocycles. The van der Waals surface area contributed by atoms with Gasteiger partial charge in [-0.25, -0.2) is 0 Å². The van der Waals surface area contributed by atoms with Gasteiger partial charge in [0.15, 0.2) is 0 Å². The molecule has 1 fully saturated rings. The molecule has 1 aliphatic carbocycles. The third-order valence-corrected chi connectivity index (χ3v) is 4.36. The molecule has 2 rings (SSSR count). The van der Waals surface area contributed by atoms with Crippen LogP contribution in [0.2, 0.25) is 10.0 Å². The highest BCUT2D eigenvalue weighted by Gasteiger charge is 2.27. The molecule has 100 valence electrons. The number of halogens is 2. The second-order valence-electron chi connectivity index (χ2n) is 5.12. The summed E-state index contributed by atoms with van der Waals surface area (Å²) in [6.07, 6.45) is 6.23. The maximum atomic E-state index is 6.34. The highest BCUT2D eigenvalue weighted by atomic mass is 35.5. The lowest BCUT2D eigenvalue weighted by Crippen LogP contribution is -2.37. The molecule has 0 bridgehead atoms. The van der Waals surface area contributed by atoms with Crippen LogP contribution in [0, 0.1) is 0 Å². The van der Waals surface area contributed by atoms with Crippen LogP contribution in [0.5, 0.6) is 0 Å². The van der Waals surface area contributed by atoms with Crippen molar-refractivity contribution < 1.29 is 0 Å². The standard InChI is InChI=1S/C15H21Cl2N/c1-2-9-18-15-6-4-3-5-12(15)13-10-11(16)7-8-14(13)17/h7-8,10,12,15,18H,2-6,9H2,1H3. The number of hydrogen-bond donors (Lipinski definition) is 1. The fourth-order valence-electron chi connectivity index (χ4n) is 2.88. The van der Waals surface area contributed by atoms with Gasteiger partial charge in [0.2, 0.25) is 0 Å². The van der Waals surface area contributed by atoms with Gasteiger partial charge in [0, 0.05) is 22.0 Å². The molecule has 1 aromatic rings. The molecule has 3 heteroatoms. The Kier molecular flexibility index (Phi) is 5.35. The summed E-state index contributed by atoms with van der Waals surface area (Å²) < 4.78 is 0. The molecule has 1 aliphatic rings. The SMILES string of the molecule is CCCNC1CCCCC1c1cc(Cl)ccc1Cl. The Morgan fingerprint density at radius 2 is 2.00 bits per heavy atom. The number of benzene rings is 1. The average molecular weight is 286 g/mol. The molecule has 2 atom stereocenters. The first-order chi connectivity index (χ1) is 8.72. The van der Waals surface area contributed by atoms with Crippen LogP contribution in [0.4, 0.5) is 0 Å². The van der Waals surface area contributed by atoms with Crippen LogP contribution in [-0.2, 0) is 0 Å². The quantitative estimate of drug-likeness (QED) is 0.819. The van der Waals surface area contributed by atoms with Crippen molar-refractivity contribution in [2.24, 2.45) is 0 Å². The predicted molar refractivity (Wildman–Crippen MR) is 79.8 cm³/mol. The minimum atomic E-state index is 0.511. The zero-order valence-corrected chi connectivity index (χ0v) is 12.4. The van der Waals surface area contributed by atoms with Gasteiger partial charge in [-0.15, -0.1) is 0 Å². The maximum absolute atomic E-state index is 6.34. The first kappa shape index (κ1) is 14.2. The molecule has 1 aromatic carbocycles. The van der Waals surface area contributed by atoms with Crippen molar-refractivity contribution in [3.8, 4) is 0 Å². The van der Waals surface area contributed by atoms with Gasteiger partial charge in [0.1, 0.15) is 0 Å². The average Bonchev–Trinajstić information content (AvgIpc) is 2.39. The van der Waals surface area contributed by atoms with Crippen LogP contribution in [0.15, 0.2) is 18.2 Å². The van der Waals surface area contributed by atoms with Crippen LogP contribution in [0.25, 0.3) is 0 Å². The molecular weight excluding hydrogens is 265 g/mol. The molecule has 1 N–H and O–H groups in total. The van der Waals surface area contributed by atoms with Crippen LogP contribution in [0.1, 0.15) is 50.5 Å². The molecule has 0 aromatic heterocycles. The van der Waals surface area contributed by atoms with E-state index in [9.17, 15) is 0 Å². The molecule has 1 nitrogen and oxygen atoms in total. The smallest absolute Gasteiger partial charge is 0.0442 e. The van der Waals surface area contributed by atoms with Crippen LogP contribution >= 0.6 is 23.2 Å². The molecule has 0 spiro atoms. The third kappa shape index (κ3) is 3.40. The Bertz CT molecular complexity index is 392. The van der Waals surface area contributed by atoms with E-state index >= 15 is 0 Å². The monoisotopic (exact) mass is 285 g/mol. The Morgan fingerprint density at radius 1 is 1.22 bits per heavy atom. The van der Waals surface area contributed by atoms with Crippen molar-refractivity contribution in [1.29, 1.82) is 0 Å². The molecule has 0 radical (unpaired) electrons. The summed E-state index contributed by atoms with van der Waals surface area (Å²) in [6, 6.07) is 6.38. The normalized spacial score (nSPS) is 24.2. The van der Waals surface area contributed by atoms with Crippen LogP contribution in [-0.4, -0.2) is 12.6 Å². The molecule has 0 aliphatic heterocycles. The number of nitrogens with one attached hydrogen (secondary N) is 1. The third-order valence-electron chi connectivity index (χ3n) is 3.78. The second kappa shape index (κ2) is 6.79. The van der Waals surface area contributed by atoms with Crippen molar-refractivity contribution in [3.05, 3.63) is 33.8 Å². The summed E-state index contributed by atoms with van der Waals surface area (Å²) in [7, 11) is 0. The van der Waals surface area contributed by atoms with Crippen molar-refractivity contribution >= 4 is 23.2 Å². The highest BCUT2D eigenvalue weighted by Crippen LogP contribution is 2.37. The van der Waals surface area contributed by atoms with E-state index in [4.69, 9.17) is 23.2 Å². The zero-order chi connectivity index (χ0) is 13.0. The van der Waals surface area contributed by atoms with Gasteiger partial charge in [-0.2, -0.15) is 0 Å². The van der Waals surface area contributed by atoms with E-state index in [0.29, 0.717) is 12.0 Å². The van der Waals surface area contributed by atoms with Gasteiger partial charge >= 0.3 is 0 Å². The van der Waals surface area contributed by atoms with Crippen LogP contribution in [0.3, 0.4) is 0 Å². The minimum absolute atomic E-state index is 0.511. The summed E-state index contributed by atoms with van der Waals surface area (Å²) in [5, 5.41) is 5.31. The van der Waals surface area contributed by atoms with E-state index < -0.39 is 0 Å². The van der Waals surface area contributed by atoms with Gasteiger partial charge in [-0.1, -0.05) is 43.0 Å². The van der Waals surface area contributed by atoms with E-state index in [1.54, 1.807) is 0 Å². The van der Waals surface area contributed by atoms with Gasteiger partial charge in [-0.05, 0) is 49.6 Å². The van der Waals surface area contributed by atoms with Crippen molar-refractivity contribution in [1.82, 2.24) is 5.32 Å². The topological polar surface area (TPSA) is 12.0 Å². The molecule has 18 heavy (non-hydrogen) atoms. The minimum Gasteiger partial charge on any atom is -0.313 e. The summed E-state index contributed by atoms with van der Waals surface area (Å²) in [4.78, 5) is 0. The second-order valence-corrected chi connectivity index (χ2v) is 5.96. The molecule has 1 saturated carbocycles. The molecule has 2 unspecified atom stereocenters. The number of hydrogen-bond acceptors (Lipinski definition) is 1. The van der Waals surface area contributed by atoms with E-state index in [0.717, 1.165) is 16.6 Å². The molecule has 0 heterocycles. The Balaban J connectivity index is 2.19. The highest BCUT2D eigenvalue weighted by molar-refractivity contribution is 6.33. The maximum Gasteiger partial charge on any atom is 0.0442 e. The Hall–Kier alpha value is -0.240. The van der Waals surface area contributed by atoms with E-state index in [-0.39, 0.29) is 0 Å². The Labute approximate surface area is 120 Å². The summed E-state index contributed by atoms with van der Waals surface area (Å²) >= 11 is 12.5. The first-order valence-electron chi connectivity index (χ1n) is 6.90. The zero-order valence-electron chi connectivity index (χ0n) is 10.9. The van der Waals surface area contributed by atoms with Gasteiger partial charge in [0.25, 0.3) is 0 Å². The number of rotatable bonds is 4. The summed E-state index contributed by atoms with van der Waals surface area (Å²) in [6.45, 7) is 3.29. The lowest BCUT2D eigenvalue weighted by atomic mass is 9.80. The fraction of sp³-hybridized carbons (Fsp3) is 0.600. The van der Waals surface area contributed by atoms with Gasteiger partial charge in [-0.3, -0.25) is 0 Å². The van der Waals surface area contributed by atoms with E-state index in [1.165, 1.54) is 37.7 Å². The van der Waals surface area contributed by atoms with Crippen LogP contribution < -0.4 is 5.32 Å². The fourth-order valence-corrected chi connectivity index (χ4v) is 3.31. The van der Waals surface area contributed by atoms with Crippen molar-refractivity contribution in [2.45, 2.75) is 51.0 Å². The first-order valence-corrected chi connectivity index (χ1v) is 7.66. The largest absolute Gasteiger partial charge is 0.313 e. The summed E-state index contributed by atoms with van der Waals surface area (Å²) in [5.74, 6) is 0.511. The summed E-state index contributed by atoms with van der Waals surface area (Å²) in [5.41, 5.74) is 1.22. The Morgan fingerprint density at radius 3 is 2.78 bits per heavy atom. The lowest BCUT2D eigenvalue weighted by molar-refractivity contribution is 0.328. The van der Waals surface area contributed by atoms with E-state index in [1.807, 2.05) is 18.2 Å². The molecule has 0 amide bonds. The predicted octanol–water partition coefficient (Wildman–Crippen LogP) is 5.02. The van der Waals surface area contributed by atoms with Crippen molar-refractivity contribution in [2.75, 3.05) is 6.54 Å². The van der Waals surface area contributed by atoms with Gasteiger partial charge < -0.3 is 5.32 Å². The lowest BCUT2D eigenvalue weighted by Gasteiger charge is -2.33. The van der Waals surface area contributed by atoms with Crippen molar-refractivity contribution in [3.63, 3.8) is 0 Å². The van der Waals surface area contributed by atoms with E-state index in [2.05, 4.69) is 12.2 Å². The molecular formula is C15H21Cl2N. The van der Waals surface area contributed by atoms with Gasteiger partial charge in [0.05, 0.1) is 0 Å².